The molecule has 1 atom stereocenters. The number of piperazine rings is 1. The highest BCUT2D eigenvalue weighted by Crippen LogP contribution is 2.33. The van der Waals surface area contributed by atoms with Gasteiger partial charge in [0.05, 0.1) is 26.4 Å². The van der Waals surface area contributed by atoms with Crippen molar-refractivity contribution in [3.05, 3.63) is 65.2 Å². The van der Waals surface area contributed by atoms with Crippen LogP contribution in [0.1, 0.15) is 34.5 Å². The maximum Gasteiger partial charge on any atom is 0.254 e. The van der Waals surface area contributed by atoms with E-state index in [0.717, 1.165) is 55.3 Å². The summed E-state index contributed by atoms with van der Waals surface area (Å²) in [7, 11) is 1.63. The van der Waals surface area contributed by atoms with Crippen LogP contribution in [0.3, 0.4) is 0 Å². The summed E-state index contributed by atoms with van der Waals surface area (Å²) in [6, 6.07) is 15.3. The highest BCUT2D eigenvalue weighted by molar-refractivity contribution is 5.96. The number of ether oxygens (including phenoxy) is 2. The summed E-state index contributed by atoms with van der Waals surface area (Å²) in [5.41, 5.74) is 2.68. The zero-order chi connectivity index (χ0) is 22.5. The molecule has 2 aromatic carbocycles. The van der Waals surface area contributed by atoms with Gasteiger partial charge in [-0.2, -0.15) is 0 Å². The number of nitrogens with zero attached hydrogens (tertiary/aromatic N) is 3. The van der Waals surface area contributed by atoms with Crippen molar-refractivity contribution < 1.29 is 19.1 Å². The molecule has 0 aromatic heterocycles. The van der Waals surface area contributed by atoms with E-state index < -0.39 is 0 Å². The van der Waals surface area contributed by atoms with Crippen LogP contribution in [0.25, 0.3) is 0 Å². The number of amides is 2. The molecule has 2 saturated heterocycles. The Kier molecular flexibility index (Phi) is 7.07. The van der Waals surface area contributed by atoms with Gasteiger partial charge in [-0.1, -0.05) is 36.4 Å². The van der Waals surface area contributed by atoms with Crippen molar-refractivity contribution in [2.45, 2.75) is 19.5 Å². The molecular formula is C25H31N3O4. The summed E-state index contributed by atoms with van der Waals surface area (Å²) in [5.74, 6) is 0.739. The van der Waals surface area contributed by atoms with Gasteiger partial charge in [-0.3, -0.25) is 14.5 Å². The van der Waals surface area contributed by atoms with Gasteiger partial charge >= 0.3 is 0 Å². The van der Waals surface area contributed by atoms with Gasteiger partial charge in [0.25, 0.3) is 5.91 Å². The van der Waals surface area contributed by atoms with Crippen molar-refractivity contribution in [3.63, 3.8) is 0 Å². The van der Waals surface area contributed by atoms with Gasteiger partial charge in [0.1, 0.15) is 5.75 Å². The molecular weight excluding hydrogens is 406 g/mol. The molecule has 7 heteroatoms. The van der Waals surface area contributed by atoms with E-state index in [1.54, 1.807) is 14.0 Å². The van der Waals surface area contributed by atoms with Crippen molar-refractivity contribution in [1.82, 2.24) is 14.7 Å². The third kappa shape index (κ3) is 4.79. The second-order valence-electron chi connectivity index (χ2n) is 8.27. The number of carbonyl (C=O) groups is 2. The van der Waals surface area contributed by atoms with E-state index in [1.165, 1.54) is 0 Å². The van der Waals surface area contributed by atoms with Gasteiger partial charge in [0.15, 0.2) is 0 Å². The molecule has 0 bridgehead atoms. The number of morpholine rings is 1. The molecule has 0 radical (unpaired) electrons. The number of rotatable bonds is 5. The molecule has 1 unspecified atom stereocenters. The number of benzene rings is 2. The van der Waals surface area contributed by atoms with Crippen LogP contribution >= 0.6 is 0 Å². The fraction of sp³-hybridized carbons (Fsp3) is 0.440. The van der Waals surface area contributed by atoms with Gasteiger partial charge in [-0.05, 0) is 17.7 Å². The summed E-state index contributed by atoms with van der Waals surface area (Å²) in [6.45, 7) is 6.95. The summed E-state index contributed by atoms with van der Waals surface area (Å²) < 4.78 is 11.0. The first-order valence-electron chi connectivity index (χ1n) is 11.2. The van der Waals surface area contributed by atoms with E-state index in [4.69, 9.17) is 9.47 Å². The van der Waals surface area contributed by atoms with Crippen molar-refractivity contribution in [1.29, 1.82) is 0 Å². The number of para-hydroxylation sites is 1. The molecule has 2 heterocycles. The molecule has 2 aliphatic heterocycles. The molecule has 0 aliphatic carbocycles. The first kappa shape index (κ1) is 22.3. The molecule has 32 heavy (non-hydrogen) atoms. The Bertz CT molecular complexity index is 958. The van der Waals surface area contributed by atoms with Crippen LogP contribution in [0.4, 0.5) is 0 Å². The predicted octanol–water partition coefficient (Wildman–Crippen LogP) is 2.57. The number of methoxy groups -OCH3 is 1. The first-order chi connectivity index (χ1) is 15.6. The standard InChI is InChI=1S/C25H31N3O4/c1-19(29)28-12-11-27(18-23(28)22-9-5-6-10-24(22)31-2)25(30)21-8-4-3-7-20(21)17-26-13-15-32-16-14-26/h3-10,23H,11-18H2,1-2H3. The monoisotopic (exact) mass is 437 g/mol. The Morgan fingerprint density at radius 2 is 1.72 bits per heavy atom. The zero-order valence-electron chi connectivity index (χ0n) is 18.8. The van der Waals surface area contributed by atoms with E-state index in [9.17, 15) is 9.59 Å². The van der Waals surface area contributed by atoms with Gasteiger partial charge in [-0.15, -0.1) is 0 Å². The van der Waals surface area contributed by atoms with E-state index in [0.29, 0.717) is 19.6 Å². The SMILES string of the molecule is COc1ccccc1C1CN(C(=O)c2ccccc2CN2CCOCC2)CCN1C(C)=O. The van der Waals surface area contributed by atoms with Crippen LogP contribution in [0, 0.1) is 0 Å². The first-order valence-corrected chi connectivity index (χ1v) is 11.2. The lowest BCUT2D eigenvalue weighted by molar-refractivity contribution is -0.133. The number of hydrogen-bond acceptors (Lipinski definition) is 5. The molecule has 4 rings (SSSR count). The van der Waals surface area contributed by atoms with Gasteiger partial charge in [-0.25, -0.2) is 0 Å². The Morgan fingerprint density at radius 1 is 1.00 bits per heavy atom. The van der Waals surface area contributed by atoms with Crippen LogP contribution in [0.15, 0.2) is 48.5 Å². The summed E-state index contributed by atoms with van der Waals surface area (Å²) in [4.78, 5) is 32.0. The van der Waals surface area contributed by atoms with Gasteiger partial charge in [0.2, 0.25) is 5.91 Å². The summed E-state index contributed by atoms with van der Waals surface area (Å²) in [5, 5.41) is 0. The molecule has 0 saturated carbocycles. The van der Waals surface area contributed by atoms with Gasteiger partial charge < -0.3 is 19.3 Å². The van der Waals surface area contributed by atoms with Gasteiger partial charge in [0, 0.05) is 57.3 Å². The maximum atomic E-state index is 13.6. The molecule has 2 amide bonds. The van der Waals surface area contributed by atoms with Crippen molar-refractivity contribution >= 4 is 11.8 Å². The average Bonchev–Trinajstić information content (AvgIpc) is 2.84. The number of hydrogen-bond donors (Lipinski definition) is 0. The molecule has 0 spiro atoms. The minimum atomic E-state index is -0.243. The Labute approximate surface area is 189 Å². The van der Waals surface area contributed by atoms with Crippen LogP contribution in [0.5, 0.6) is 5.75 Å². The van der Waals surface area contributed by atoms with E-state index >= 15 is 0 Å². The number of carbonyl (C=O) groups excluding carboxylic acids is 2. The Balaban J connectivity index is 1.58. The smallest absolute Gasteiger partial charge is 0.254 e. The van der Waals surface area contributed by atoms with Crippen LogP contribution in [0.2, 0.25) is 0 Å². The Morgan fingerprint density at radius 3 is 2.47 bits per heavy atom. The highest BCUT2D eigenvalue weighted by Gasteiger charge is 2.34. The lowest BCUT2D eigenvalue weighted by atomic mass is 9.99. The van der Waals surface area contributed by atoms with Crippen molar-refractivity contribution in [2.24, 2.45) is 0 Å². The topological polar surface area (TPSA) is 62.3 Å². The lowest BCUT2D eigenvalue weighted by Gasteiger charge is -2.42. The molecule has 2 fully saturated rings. The van der Waals surface area contributed by atoms with E-state index in [1.807, 2.05) is 58.3 Å². The van der Waals surface area contributed by atoms with E-state index in [2.05, 4.69) is 4.90 Å². The minimum Gasteiger partial charge on any atom is -0.496 e. The highest BCUT2D eigenvalue weighted by atomic mass is 16.5. The average molecular weight is 438 g/mol. The largest absolute Gasteiger partial charge is 0.496 e. The normalized spacial score (nSPS) is 19.6. The lowest BCUT2D eigenvalue weighted by Crippen LogP contribution is -2.52. The Hall–Kier alpha value is -2.90. The second-order valence-corrected chi connectivity index (χ2v) is 8.27. The van der Waals surface area contributed by atoms with Crippen LogP contribution in [-0.4, -0.2) is 79.6 Å². The zero-order valence-corrected chi connectivity index (χ0v) is 18.8. The quantitative estimate of drug-likeness (QED) is 0.720. The minimum absolute atomic E-state index is 0.000669. The fourth-order valence-corrected chi connectivity index (χ4v) is 4.59. The third-order valence-electron chi connectivity index (χ3n) is 6.32. The van der Waals surface area contributed by atoms with Crippen LogP contribution < -0.4 is 4.74 Å². The molecule has 2 aromatic rings. The molecule has 2 aliphatic rings. The van der Waals surface area contributed by atoms with E-state index in [-0.39, 0.29) is 17.9 Å². The molecule has 7 nitrogen and oxygen atoms in total. The predicted molar refractivity (Wildman–Crippen MR) is 122 cm³/mol. The molecule has 170 valence electrons. The fourth-order valence-electron chi connectivity index (χ4n) is 4.59. The third-order valence-corrected chi connectivity index (χ3v) is 6.32. The maximum absolute atomic E-state index is 13.6. The summed E-state index contributed by atoms with van der Waals surface area (Å²) >= 11 is 0. The van der Waals surface area contributed by atoms with Crippen molar-refractivity contribution in [2.75, 3.05) is 53.0 Å². The van der Waals surface area contributed by atoms with Crippen LogP contribution in [-0.2, 0) is 16.1 Å². The van der Waals surface area contributed by atoms with Crippen molar-refractivity contribution in [3.8, 4) is 5.75 Å². The molecule has 0 N–H and O–H groups in total. The summed E-state index contributed by atoms with van der Waals surface area (Å²) in [6.07, 6.45) is 0. The second kappa shape index (κ2) is 10.1.